The smallest absolute Gasteiger partial charge is 0.328 e. The van der Waals surface area contributed by atoms with E-state index in [1.807, 2.05) is 0 Å². The molecule has 8 heteroatoms. The fourth-order valence-electron chi connectivity index (χ4n) is 1.50. The van der Waals surface area contributed by atoms with Gasteiger partial charge in [0.1, 0.15) is 0 Å². The van der Waals surface area contributed by atoms with Gasteiger partial charge in [-0.3, -0.25) is 10.0 Å². The topological polar surface area (TPSA) is 145 Å². The van der Waals surface area contributed by atoms with E-state index in [0.29, 0.717) is 19.0 Å². The number of hydrazine groups is 2. The van der Waals surface area contributed by atoms with Crippen LogP contribution < -0.4 is 23.2 Å². The molecule has 0 rings (SSSR count). The van der Waals surface area contributed by atoms with Crippen molar-refractivity contribution in [2.45, 2.75) is 32.6 Å². The number of carbonyl (C=O) groups is 2. The van der Waals surface area contributed by atoms with Gasteiger partial charge in [0.2, 0.25) is 0 Å². The maximum atomic E-state index is 10.7. The first-order valence-corrected chi connectivity index (χ1v) is 5.98. The van der Waals surface area contributed by atoms with Gasteiger partial charge in [-0.2, -0.15) is 0 Å². The lowest BCUT2D eigenvalue weighted by Gasteiger charge is -2.17. The lowest BCUT2D eigenvalue weighted by Crippen LogP contribution is -2.42. The summed E-state index contributed by atoms with van der Waals surface area (Å²) >= 11 is 0. The fourth-order valence-corrected chi connectivity index (χ4v) is 1.50. The third kappa shape index (κ3) is 7.69. The van der Waals surface area contributed by atoms with Crippen LogP contribution in [-0.4, -0.2) is 35.2 Å². The summed E-state index contributed by atoms with van der Waals surface area (Å²) in [5, 5.41) is 2.00. The minimum absolute atomic E-state index is 0.426. The maximum Gasteiger partial charge on any atom is 0.328 e. The van der Waals surface area contributed by atoms with Crippen molar-refractivity contribution in [1.29, 1.82) is 0 Å². The number of hydrogen-bond acceptors (Lipinski definition) is 4. The molecule has 8 N–H and O–H groups in total. The highest BCUT2D eigenvalue weighted by molar-refractivity contribution is 5.71. The predicted molar refractivity (Wildman–Crippen MR) is 68.6 cm³/mol. The van der Waals surface area contributed by atoms with Crippen molar-refractivity contribution in [2.75, 3.05) is 13.1 Å². The Balaban J connectivity index is 3.56. The van der Waals surface area contributed by atoms with Crippen molar-refractivity contribution in [1.82, 2.24) is 10.0 Å². The van der Waals surface area contributed by atoms with Crippen LogP contribution in [0.1, 0.15) is 32.6 Å². The molecule has 0 aromatic carbocycles. The molecule has 0 aliphatic heterocycles. The number of primary amides is 2. The SMILES string of the molecule is CC(CCCCN(N)C(N)=O)CCN(N)C(N)=O. The van der Waals surface area contributed by atoms with E-state index in [9.17, 15) is 9.59 Å². The van der Waals surface area contributed by atoms with Crippen LogP contribution in [0.5, 0.6) is 0 Å². The molecule has 0 aliphatic rings. The molecule has 0 radical (unpaired) electrons. The maximum absolute atomic E-state index is 10.7. The zero-order valence-corrected chi connectivity index (χ0v) is 10.8. The van der Waals surface area contributed by atoms with Gasteiger partial charge < -0.3 is 11.5 Å². The summed E-state index contributed by atoms with van der Waals surface area (Å²) in [5.74, 6) is 11.2. The van der Waals surface area contributed by atoms with E-state index in [1.165, 1.54) is 0 Å². The fraction of sp³-hybridized carbons (Fsp3) is 0.800. The van der Waals surface area contributed by atoms with Crippen molar-refractivity contribution in [3.05, 3.63) is 0 Å². The van der Waals surface area contributed by atoms with Crippen LogP contribution in [0.3, 0.4) is 0 Å². The Bertz CT molecular complexity index is 273. The normalized spacial score (nSPS) is 11.9. The molecular formula is C10H24N6O2. The molecule has 0 heterocycles. The monoisotopic (exact) mass is 260 g/mol. The van der Waals surface area contributed by atoms with Gasteiger partial charge in [0, 0.05) is 13.1 Å². The van der Waals surface area contributed by atoms with Crippen molar-refractivity contribution in [2.24, 2.45) is 29.1 Å². The lowest BCUT2D eigenvalue weighted by molar-refractivity contribution is 0.203. The summed E-state index contributed by atoms with van der Waals surface area (Å²) in [6.45, 7) is 2.97. The first kappa shape index (κ1) is 16.5. The molecule has 0 saturated heterocycles. The average molecular weight is 260 g/mol. The Morgan fingerprint density at radius 1 is 0.944 bits per heavy atom. The molecule has 0 spiro atoms. The minimum Gasteiger partial charge on any atom is -0.350 e. The van der Waals surface area contributed by atoms with E-state index >= 15 is 0 Å². The third-order valence-corrected chi connectivity index (χ3v) is 2.77. The molecule has 0 aromatic rings. The Labute approximate surface area is 107 Å². The van der Waals surface area contributed by atoms with Crippen LogP contribution in [0, 0.1) is 5.92 Å². The second-order valence-corrected chi connectivity index (χ2v) is 4.45. The zero-order valence-electron chi connectivity index (χ0n) is 10.8. The summed E-state index contributed by atoms with van der Waals surface area (Å²) in [4.78, 5) is 21.3. The molecule has 0 aromatic heterocycles. The van der Waals surface area contributed by atoms with Gasteiger partial charge in [0.25, 0.3) is 0 Å². The van der Waals surface area contributed by atoms with Gasteiger partial charge in [-0.15, -0.1) is 0 Å². The van der Waals surface area contributed by atoms with E-state index < -0.39 is 12.1 Å². The second-order valence-electron chi connectivity index (χ2n) is 4.45. The highest BCUT2D eigenvalue weighted by Gasteiger charge is 2.08. The van der Waals surface area contributed by atoms with Gasteiger partial charge >= 0.3 is 12.1 Å². The molecule has 0 saturated carbocycles. The Kier molecular flexibility index (Phi) is 7.81. The number of nitrogens with zero attached hydrogens (tertiary/aromatic N) is 2. The summed E-state index contributed by atoms with van der Waals surface area (Å²) < 4.78 is 0. The van der Waals surface area contributed by atoms with Gasteiger partial charge in [-0.25, -0.2) is 21.3 Å². The number of amides is 4. The molecule has 8 nitrogen and oxygen atoms in total. The van der Waals surface area contributed by atoms with Crippen LogP contribution in [0.15, 0.2) is 0 Å². The Hall–Kier alpha value is -1.54. The molecule has 106 valence electrons. The number of unbranched alkanes of at least 4 members (excludes halogenated alkanes) is 1. The van der Waals surface area contributed by atoms with Crippen molar-refractivity contribution in [3.8, 4) is 0 Å². The van der Waals surface area contributed by atoms with Crippen molar-refractivity contribution >= 4 is 12.1 Å². The molecule has 1 unspecified atom stereocenters. The number of carbonyl (C=O) groups excluding carboxylic acids is 2. The van der Waals surface area contributed by atoms with Crippen molar-refractivity contribution < 1.29 is 9.59 Å². The number of rotatable bonds is 8. The van der Waals surface area contributed by atoms with Gasteiger partial charge in [0.05, 0.1) is 0 Å². The van der Waals surface area contributed by atoms with Gasteiger partial charge in [0.15, 0.2) is 0 Å². The molecule has 0 fully saturated rings. The van der Waals surface area contributed by atoms with Gasteiger partial charge in [-0.1, -0.05) is 19.8 Å². The number of urea groups is 2. The largest absolute Gasteiger partial charge is 0.350 e. The number of nitrogens with two attached hydrogens (primary N) is 4. The zero-order chi connectivity index (χ0) is 14.1. The molecule has 18 heavy (non-hydrogen) atoms. The van der Waals surface area contributed by atoms with Crippen LogP contribution in [0.4, 0.5) is 9.59 Å². The van der Waals surface area contributed by atoms with Gasteiger partial charge in [-0.05, 0) is 18.8 Å². The standard InChI is InChI=1S/C10H24N6O2/c1-8(5-7-16(14)10(12)18)4-2-3-6-15(13)9(11)17/h8H,2-7,13-14H2,1H3,(H2,11,17)(H2,12,18). The first-order valence-electron chi connectivity index (χ1n) is 5.98. The van der Waals surface area contributed by atoms with Crippen LogP contribution in [0.2, 0.25) is 0 Å². The highest BCUT2D eigenvalue weighted by Crippen LogP contribution is 2.12. The van der Waals surface area contributed by atoms with Crippen molar-refractivity contribution in [3.63, 3.8) is 0 Å². The molecule has 1 atom stereocenters. The second kappa shape index (κ2) is 8.54. The van der Waals surface area contributed by atoms with E-state index in [2.05, 4.69) is 6.92 Å². The highest BCUT2D eigenvalue weighted by atomic mass is 16.2. The molecular weight excluding hydrogens is 236 g/mol. The van der Waals surface area contributed by atoms with E-state index in [-0.39, 0.29) is 0 Å². The van der Waals surface area contributed by atoms with Crippen LogP contribution in [-0.2, 0) is 0 Å². The van der Waals surface area contributed by atoms with E-state index in [0.717, 1.165) is 35.7 Å². The van der Waals surface area contributed by atoms with E-state index in [1.54, 1.807) is 0 Å². The lowest BCUT2D eigenvalue weighted by atomic mass is 10.0. The Morgan fingerprint density at radius 3 is 1.94 bits per heavy atom. The van der Waals surface area contributed by atoms with E-state index in [4.69, 9.17) is 23.2 Å². The Morgan fingerprint density at radius 2 is 1.44 bits per heavy atom. The summed E-state index contributed by atoms with van der Waals surface area (Å²) in [5.41, 5.74) is 9.99. The molecule has 4 amide bonds. The average Bonchev–Trinajstić information content (AvgIpc) is 2.30. The first-order chi connectivity index (χ1) is 8.34. The number of hydrogen-bond donors (Lipinski definition) is 4. The summed E-state index contributed by atoms with van der Waals surface area (Å²) in [6, 6.07) is -1.24. The minimum atomic E-state index is -0.623. The summed E-state index contributed by atoms with van der Waals surface area (Å²) in [7, 11) is 0. The quantitative estimate of drug-likeness (QED) is 0.205. The molecule has 0 aliphatic carbocycles. The predicted octanol–water partition coefficient (Wildman–Crippen LogP) is -0.308. The van der Waals surface area contributed by atoms with Crippen LogP contribution >= 0.6 is 0 Å². The third-order valence-electron chi connectivity index (χ3n) is 2.77. The van der Waals surface area contributed by atoms with Crippen LogP contribution in [0.25, 0.3) is 0 Å². The summed E-state index contributed by atoms with van der Waals surface area (Å²) in [6.07, 6.45) is 3.50. The molecule has 0 bridgehead atoms.